The van der Waals surface area contributed by atoms with Crippen LogP contribution in [0.2, 0.25) is 0 Å². The van der Waals surface area contributed by atoms with E-state index in [0.717, 1.165) is 17.1 Å². The van der Waals surface area contributed by atoms with E-state index in [0.29, 0.717) is 0 Å². The van der Waals surface area contributed by atoms with Gasteiger partial charge in [0.15, 0.2) is 0 Å². The fourth-order valence-electron chi connectivity index (χ4n) is 9.03. The first-order valence-electron chi connectivity index (χ1n) is 18.9. The maximum absolute atomic E-state index is 2.48. The standard InChI is InChI=1S/C53H35NS/c1-3-13-36(14-4-1)37-23-28-43(29-24-37)54(42-17-5-2-6-18-42)44-30-25-38(26-31-44)41-27-32-51-49(34-41)53(50-33-39-15-7-8-16-40(39)35-52(50)55-51)47-21-11-9-19-45(47)46-20-10-12-22-48(46)53/h1-35H. The largest absolute Gasteiger partial charge is 0.311 e. The van der Waals surface area contributed by atoms with Crippen LogP contribution in [0.15, 0.2) is 222 Å². The van der Waals surface area contributed by atoms with Gasteiger partial charge in [-0.15, -0.1) is 0 Å². The Morgan fingerprint density at radius 2 is 0.764 bits per heavy atom. The minimum atomic E-state index is -0.431. The summed E-state index contributed by atoms with van der Waals surface area (Å²) in [6, 6.07) is 78.1. The fraction of sp³-hybridized carbons (Fsp3) is 0.0189. The van der Waals surface area contributed by atoms with Gasteiger partial charge in [0, 0.05) is 26.9 Å². The molecule has 0 bridgehead atoms. The lowest BCUT2D eigenvalue weighted by atomic mass is 9.66. The average Bonchev–Trinajstić information content (AvgIpc) is 3.55. The van der Waals surface area contributed by atoms with Gasteiger partial charge in [0.05, 0.1) is 5.41 Å². The molecule has 0 atom stereocenters. The van der Waals surface area contributed by atoms with Gasteiger partial charge < -0.3 is 4.90 Å². The van der Waals surface area contributed by atoms with E-state index < -0.39 is 5.41 Å². The zero-order valence-electron chi connectivity index (χ0n) is 30.1. The summed E-state index contributed by atoms with van der Waals surface area (Å²) in [5.74, 6) is 0. The highest BCUT2D eigenvalue weighted by molar-refractivity contribution is 7.99. The van der Waals surface area contributed by atoms with Crippen molar-refractivity contribution in [1.82, 2.24) is 0 Å². The first-order valence-corrected chi connectivity index (χ1v) is 19.7. The number of fused-ring (bicyclic) bond motifs is 10. The lowest BCUT2D eigenvalue weighted by Gasteiger charge is -2.40. The van der Waals surface area contributed by atoms with Gasteiger partial charge in [0.2, 0.25) is 0 Å². The maximum Gasteiger partial charge on any atom is 0.0735 e. The number of anilines is 3. The molecule has 1 aliphatic heterocycles. The van der Waals surface area contributed by atoms with Crippen molar-refractivity contribution in [2.45, 2.75) is 15.2 Å². The molecule has 9 aromatic carbocycles. The van der Waals surface area contributed by atoms with E-state index in [1.54, 1.807) is 0 Å². The van der Waals surface area contributed by atoms with Crippen molar-refractivity contribution in [3.63, 3.8) is 0 Å². The summed E-state index contributed by atoms with van der Waals surface area (Å²) in [4.78, 5) is 4.97. The van der Waals surface area contributed by atoms with Crippen LogP contribution in [0.4, 0.5) is 17.1 Å². The molecule has 0 unspecified atom stereocenters. The third kappa shape index (κ3) is 5.03. The number of hydrogen-bond acceptors (Lipinski definition) is 2. The third-order valence-electron chi connectivity index (χ3n) is 11.5. The molecular weight excluding hydrogens is 683 g/mol. The Labute approximate surface area is 326 Å². The summed E-state index contributed by atoms with van der Waals surface area (Å²) in [6.07, 6.45) is 0. The normalized spacial score (nSPS) is 13.2. The first kappa shape index (κ1) is 31.9. The third-order valence-corrected chi connectivity index (χ3v) is 12.6. The van der Waals surface area contributed by atoms with Crippen LogP contribution in [-0.2, 0) is 5.41 Å². The van der Waals surface area contributed by atoms with Gasteiger partial charge in [-0.1, -0.05) is 163 Å². The predicted octanol–water partition coefficient (Wildman–Crippen LogP) is 14.5. The minimum absolute atomic E-state index is 0.431. The van der Waals surface area contributed by atoms with Gasteiger partial charge in [0.1, 0.15) is 0 Å². The molecule has 1 spiro atoms. The molecule has 0 radical (unpaired) electrons. The molecule has 258 valence electrons. The van der Waals surface area contributed by atoms with Crippen LogP contribution in [0.25, 0.3) is 44.2 Å². The Morgan fingerprint density at radius 1 is 0.309 bits per heavy atom. The van der Waals surface area contributed by atoms with Crippen molar-refractivity contribution in [3.05, 3.63) is 235 Å². The number of rotatable bonds is 5. The van der Waals surface area contributed by atoms with Crippen molar-refractivity contribution in [1.29, 1.82) is 0 Å². The van der Waals surface area contributed by atoms with Crippen LogP contribution in [0.1, 0.15) is 22.3 Å². The second-order valence-electron chi connectivity index (χ2n) is 14.5. The van der Waals surface area contributed by atoms with Crippen LogP contribution in [0.3, 0.4) is 0 Å². The lowest BCUT2D eigenvalue weighted by molar-refractivity contribution is 0.724. The van der Waals surface area contributed by atoms with Gasteiger partial charge in [0.25, 0.3) is 0 Å². The van der Waals surface area contributed by atoms with Crippen LogP contribution in [0.5, 0.6) is 0 Å². The van der Waals surface area contributed by atoms with Gasteiger partial charge in [-0.05, 0) is 127 Å². The van der Waals surface area contributed by atoms with E-state index in [1.165, 1.54) is 76.2 Å². The highest BCUT2D eigenvalue weighted by atomic mass is 32.2. The van der Waals surface area contributed by atoms with E-state index in [1.807, 2.05) is 11.8 Å². The molecule has 55 heavy (non-hydrogen) atoms. The summed E-state index contributed by atoms with van der Waals surface area (Å²) < 4.78 is 0. The summed E-state index contributed by atoms with van der Waals surface area (Å²) in [5, 5.41) is 2.55. The van der Waals surface area contributed by atoms with Gasteiger partial charge in [-0.2, -0.15) is 0 Å². The van der Waals surface area contributed by atoms with Crippen molar-refractivity contribution in [3.8, 4) is 33.4 Å². The molecule has 2 aliphatic rings. The zero-order valence-corrected chi connectivity index (χ0v) is 30.9. The van der Waals surface area contributed by atoms with E-state index >= 15 is 0 Å². The Kier molecular flexibility index (Phi) is 7.40. The molecule has 0 saturated heterocycles. The smallest absolute Gasteiger partial charge is 0.0735 e. The topological polar surface area (TPSA) is 3.24 Å². The number of hydrogen-bond donors (Lipinski definition) is 0. The van der Waals surface area contributed by atoms with Gasteiger partial charge >= 0.3 is 0 Å². The van der Waals surface area contributed by atoms with E-state index in [2.05, 4.69) is 217 Å². The fourth-order valence-corrected chi connectivity index (χ4v) is 10.2. The van der Waals surface area contributed by atoms with E-state index in [9.17, 15) is 0 Å². The number of para-hydroxylation sites is 1. The maximum atomic E-state index is 2.48. The van der Waals surface area contributed by atoms with Crippen molar-refractivity contribution >= 4 is 39.6 Å². The molecule has 0 amide bonds. The van der Waals surface area contributed by atoms with Gasteiger partial charge in [-0.25, -0.2) is 0 Å². The molecule has 0 N–H and O–H groups in total. The zero-order chi connectivity index (χ0) is 36.3. The first-order chi connectivity index (χ1) is 27.3. The Balaban J connectivity index is 1.05. The van der Waals surface area contributed by atoms with E-state index in [-0.39, 0.29) is 0 Å². The van der Waals surface area contributed by atoms with Crippen molar-refractivity contribution < 1.29 is 0 Å². The van der Waals surface area contributed by atoms with Crippen molar-refractivity contribution in [2.24, 2.45) is 0 Å². The molecule has 1 heterocycles. The monoisotopic (exact) mass is 717 g/mol. The summed E-state index contributed by atoms with van der Waals surface area (Å²) in [5.41, 5.74) is 15.9. The molecular formula is C53H35NS. The van der Waals surface area contributed by atoms with Gasteiger partial charge in [-0.3, -0.25) is 0 Å². The average molecular weight is 718 g/mol. The Hall–Kier alpha value is -6.61. The lowest BCUT2D eigenvalue weighted by Crippen LogP contribution is -2.32. The van der Waals surface area contributed by atoms with Crippen molar-refractivity contribution in [2.75, 3.05) is 4.90 Å². The molecule has 1 nitrogen and oxygen atoms in total. The molecule has 9 aromatic rings. The Bertz CT molecular complexity index is 2830. The summed E-state index contributed by atoms with van der Waals surface area (Å²) in [7, 11) is 0. The predicted molar refractivity (Wildman–Crippen MR) is 231 cm³/mol. The molecule has 1 aliphatic carbocycles. The van der Waals surface area contributed by atoms with E-state index in [4.69, 9.17) is 0 Å². The molecule has 2 heteroatoms. The summed E-state index contributed by atoms with van der Waals surface area (Å²) in [6.45, 7) is 0. The summed E-state index contributed by atoms with van der Waals surface area (Å²) >= 11 is 1.91. The molecule has 0 fully saturated rings. The van der Waals surface area contributed by atoms with Crippen LogP contribution in [-0.4, -0.2) is 0 Å². The SMILES string of the molecule is c1ccc(-c2ccc(N(c3ccccc3)c3ccc(-c4ccc5c(c4)C4(c6cc7ccccc7cc6S5)c5ccccc5-c5ccccc54)cc3)cc2)cc1. The second kappa shape index (κ2) is 12.8. The highest BCUT2D eigenvalue weighted by Crippen LogP contribution is 2.62. The molecule has 11 rings (SSSR count). The Morgan fingerprint density at radius 3 is 1.40 bits per heavy atom. The highest BCUT2D eigenvalue weighted by Gasteiger charge is 2.50. The molecule has 0 saturated carbocycles. The van der Waals surface area contributed by atoms with Crippen LogP contribution < -0.4 is 4.90 Å². The number of benzene rings is 9. The second-order valence-corrected chi connectivity index (χ2v) is 15.6. The quantitative estimate of drug-likeness (QED) is 0.174. The molecule has 0 aromatic heterocycles. The van der Waals surface area contributed by atoms with Crippen LogP contribution >= 0.6 is 11.8 Å². The minimum Gasteiger partial charge on any atom is -0.311 e. The number of nitrogens with zero attached hydrogens (tertiary/aromatic N) is 1. The van der Waals surface area contributed by atoms with Crippen LogP contribution in [0, 0.1) is 0 Å².